The number of aryl methyl sites for hydroxylation is 2. The van der Waals surface area contributed by atoms with Crippen LogP contribution in [0.2, 0.25) is 14.8 Å². The summed E-state index contributed by atoms with van der Waals surface area (Å²) >= 11 is -2.00. The Morgan fingerprint density at radius 1 is 1.07 bits per heavy atom. The van der Waals surface area contributed by atoms with E-state index in [4.69, 9.17) is 13.0 Å². The number of aromatic nitrogens is 2. The van der Waals surface area contributed by atoms with Crippen molar-refractivity contribution < 1.29 is 31.1 Å². The molecule has 0 amide bonds. The summed E-state index contributed by atoms with van der Waals surface area (Å²) in [5.41, 5.74) is -1.83. The molecule has 1 aromatic carbocycles. The molecule has 0 fully saturated rings. The largest absolute Gasteiger partial charge is 0.741 e. The molecular formula is C17H21F3N2O3SSn. The normalized spacial score (nSPS) is 12.9. The van der Waals surface area contributed by atoms with Crippen molar-refractivity contribution in [2.24, 2.45) is 7.05 Å². The predicted octanol–water partition coefficient (Wildman–Crippen LogP) is 3.05. The molecule has 0 radical (unpaired) electrons. The van der Waals surface area contributed by atoms with Crippen molar-refractivity contribution in [1.82, 2.24) is 4.57 Å². The van der Waals surface area contributed by atoms with Crippen molar-refractivity contribution in [3.63, 3.8) is 0 Å². The summed E-state index contributed by atoms with van der Waals surface area (Å²) in [7, 11) is -3.94. The minimum atomic E-state index is -6.09. The summed E-state index contributed by atoms with van der Waals surface area (Å²) in [5.74, 6) is 0. The molecule has 0 saturated carbocycles. The van der Waals surface area contributed by atoms with Gasteiger partial charge in [-0.3, -0.25) is 0 Å². The van der Waals surface area contributed by atoms with Crippen LogP contribution in [0.25, 0.3) is 21.8 Å². The van der Waals surface area contributed by atoms with Crippen LogP contribution in [0.4, 0.5) is 13.2 Å². The molecule has 2 heterocycles. The maximum Gasteiger partial charge on any atom is 0.485 e. The van der Waals surface area contributed by atoms with E-state index < -0.39 is 34.0 Å². The molecule has 3 rings (SSSR count). The number of fused-ring (bicyclic) bond motifs is 3. The Hall–Kier alpha value is -1.33. The predicted molar refractivity (Wildman–Crippen MR) is 100 cm³/mol. The molecule has 0 spiro atoms. The first-order chi connectivity index (χ1) is 12.1. The Bertz CT molecular complexity index is 1100. The fourth-order valence-corrected chi connectivity index (χ4v) is 6.04. The number of hydrogen-bond acceptors (Lipinski definition) is 3. The van der Waals surface area contributed by atoms with Gasteiger partial charge in [0.05, 0.1) is 0 Å². The van der Waals surface area contributed by atoms with Crippen LogP contribution in [0.15, 0.2) is 30.5 Å². The third-order valence-corrected chi connectivity index (χ3v) is 10.6. The van der Waals surface area contributed by atoms with Crippen LogP contribution < -0.4 is 8.56 Å². The van der Waals surface area contributed by atoms with Crippen LogP contribution in [0.3, 0.4) is 0 Å². The van der Waals surface area contributed by atoms with E-state index in [-0.39, 0.29) is 0 Å². The van der Waals surface area contributed by atoms with Crippen LogP contribution in [-0.4, -0.2) is 41.4 Å². The van der Waals surface area contributed by atoms with E-state index in [1.807, 2.05) is 0 Å². The fraction of sp³-hybridized carbons (Fsp3) is 0.353. The number of hydrogen-bond donors (Lipinski definition) is 0. The number of halogens is 3. The van der Waals surface area contributed by atoms with Crippen LogP contribution in [0.5, 0.6) is 0 Å². The second-order valence-corrected chi connectivity index (χ2v) is 23.2. The zero-order valence-electron chi connectivity index (χ0n) is 15.6. The standard InChI is InChI=1S/C13H11N2.CHF3O3S.3CH3.Sn/c1-9-7-11-10-5-3-4-6-12(10)15(2)13(11)8-14-9;2-1(3,4)8(5,6)7;;;;/h4-8H,1-2H3;(H,5,6,7);3*1H3;. The quantitative estimate of drug-likeness (QED) is 0.288. The first kappa shape index (κ1) is 22.0. The molecule has 0 aliphatic heterocycles. The van der Waals surface area contributed by atoms with Crippen LogP contribution >= 0.6 is 0 Å². The average Bonchev–Trinajstić information content (AvgIpc) is 2.77. The maximum absolute atomic E-state index is 10.7. The molecule has 0 saturated heterocycles. The van der Waals surface area contributed by atoms with Gasteiger partial charge in [-0.2, -0.15) is 13.2 Å². The summed E-state index contributed by atoms with van der Waals surface area (Å²) in [4.78, 5) is 10.7. The molecule has 27 heavy (non-hydrogen) atoms. The topological polar surface area (TPSA) is 76.3 Å². The summed E-state index contributed by atoms with van der Waals surface area (Å²) in [6.45, 7) is 2.12. The van der Waals surface area contributed by atoms with Gasteiger partial charge >= 0.3 is 124 Å². The molecule has 3 aromatic rings. The summed E-state index contributed by atoms with van der Waals surface area (Å²) < 4.78 is 62.8. The third-order valence-electron chi connectivity index (χ3n) is 4.23. The molecule has 5 nitrogen and oxygen atoms in total. The number of benzene rings is 1. The number of alkyl halides is 3. The molecule has 10 heteroatoms. The number of nitrogens with zero attached hydrogens (tertiary/aromatic N) is 1. The number of rotatable bonds is 1. The van der Waals surface area contributed by atoms with E-state index in [2.05, 4.69) is 68.8 Å². The SMILES string of the molecule is Cc1cc2c3c[c]([Sn]([CH3])([CH3])[CH3])ccc3n(C)c2c[nH+]1.O=S(=O)([O-])C(F)(F)F. The monoisotopic (exact) mass is 510 g/mol. The van der Waals surface area contributed by atoms with Gasteiger partial charge < -0.3 is 4.55 Å². The average molecular weight is 509 g/mol. The van der Waals surface area contributed by atoms with E-state index in [1.165, 1.54) is 27.5 Å². The van der Waals surface area contributed by atoms with Crippen molar-refractivity contribution >= 4 is 53.9 Å². The van der Waals surface area contributed by atoms with Crippen LogP contribution in [0, 0.1) is 6.92 Å². The Balaban J connectivity index is 0.000000279. The van der Waals surface area contributed by atoms with Gasteiger partial charge in [0.1, 0.15) is 0 Å². The number of H-pyrrole nitrogens is 1. The molecule has 2 aromatic heterocycles. The van der Waals surface area contributed by atoms with E-state index >= 15 is 0 Å². The zero-order chi connectivity index (χ0) is 20.8. The number of pyridine rings is 1. The molecule has 0 atom stereocenters. The van der Waals surface area contributed by atoms with Gasteiger partial charge in [-0.1, -0.05) is 0 Å². The first-order valence-electron chi connectivity index (χ1n) is 8.06. The number of aromatic amines is 1. The van der Waals surface area contributed by atoms with Gasteiger partial charge in [-0.15, -0.1) is 0 Å². The third kappa shape index (κ3) is 4.75. The second kappa shape index (κ2) is 7.25. The molecule has 148 valence electrons. The summed E-state index contributed by atoms with van der Waals surface area (Å²) in [6, 6.07) is 9.34. The Morgan fingerprint density at radius 3 is 2.07 bits per heavy atom. The van der Waals surface area contributed by atoms with E-state index in [0.29, 0.717) is 0 Å². The smallest absolute Gasteiger partial charge is 0.485 e. The Morgan fingerprint density at radius 2 is 1.59 bits per heavy atom. The Labute approximate surface area is 159 Å². The van der Waals surface area contributed by atoms with Gasteiger partial charge in [0.15, 0.2) is 10.1 Å². The maximum atomic E-state index is 10.7. The van der Waals surface area contributed by atoms with Crippen molar-refractivity contribution in [3.8, 4) is 0 Å². The fourth-order valence-electron chi connectivity index (χ4n) is 2.73. The molecule has 0 aliphatic rings. The number of nitrogens with one attached hydrogen (secondary N) is 1. The summed E-state index contributed by atoms with van der Waals surface area (Å²) in [5, 5.41) is 2.77. The van der Waals surface area contributed by atoms with Crippen LogP contribution in [-0.2, 0) is 17.2 Å². The van der Waals surface area contributed by atoms with Gasteiger partial charge in [0, 0.05) is 0 Å². The molecule has 1 N–H and O–H groups in total. The van der Waals surface area contributed by atoms with Gasteiger partial charge in [0.25, 0.3) is 0 Å². The first-order valence-corrected chi connectivity index (χ1v) is 19.5. The molecule has 0 bridgehead atoms. The summed E-state index contributed by atoms with van der Waals surface area (Å²) in [6.07, 6.45) is 2.12. The van der Waals surface area contributed by atoms with E-state index in [0.717, 1.165) is 0 Å². The van der Waals surface area contributed by atoms with Gasteiger partial charge in [-0.05, 0) is 0 Å². The molecule has 0 aliphatic carbocycles. The van der Waals surface area contributed by atoms with Gasteiger partial charge in [0.2, 0.25) is 0 Å². The van der Waals surface area contributed by atoms with Gasteiger partial charge in [-0.25, -0.2) is 8.42 Å². The van der Waals surface area contributed by atoms with Crippen molar-refractivity contribution in [3.05, 3.63) is 36.2 Å². The molecular weight excluding hydrogens is 488 g/mol. The minimum absolute atomic E-state index is 1.21. The molecule has 0 unspecified atom stereocenters. The van der Waals surface area contributed by atoms with Crippen molar-refractivity contribution in [2.45, 2.75) is 27.3 Å². The van der Waals surface area contributed by atoms with E-state index in [1.54, 1.807) is 3.58 Å². The van der Waals surface area contributed by atoms with E-state index in [9.17, 15) is 13.2 Å². The zero-order valence-corrected chi connectivity index (χ0v) is 19.3. The van der Waals surface area contributed by atoms with Crippen molar-refractivity contribution in [1.29, 1.82) is 0 Å². The Kier molecular flexibility index (Phi) is 5.89. The van der Waals surface area contributed by atoms with Crippen molar-refractivity contribution in [2.75, 3.05) is 0 Å². The minimum Gasteiger partial charge on any atom is -0.741 e. The second-order valence-electron chi connectivity index (χ2n) is 7.36. The van der Waals surface area contributed by atoms with Crippen LogP contribution in [0.1, 0.15) is 5.69 Å².